The topological polar surface area (TPSA) is 187 Å². The molecule has 6 N–H and O–H groups in total. The monoisotopic (exact) mass is 395 g/mol. The van der Waals surface area contributed by atoms with Gasteiger partial charge in [0.25, 0.3) is 5.56 Å². The van der Waals surface area contributed by atoms with Crippen molar-refractivity contribution < 1.29 is 35.1 Å². The highest BCUT2D eigenvalue weighted by atomic mass is 16.6. The van der Waals surface area contributed by atoms with Crippen LogP contribution >= 0.6 is 0 Å². The molecule has 4 atom stereocenters. The molecule has 2 aromatic rings. The standard InChI is InChI=1S/C16H17N3O9/c20-8-2-1-7(11(22)12(8)23)5-17-27-6-9-13(24)14(25)15(28-9)19-4-3-10(21)18-16(19)26/h1-5,9,13-15,20,22-25H,6H2,(H,18,21,26)/t9-,13+,14+,15-/m1/s1. The number of hydrogen-bond donors (Lipinski definition) is 6. The first-order chi connectivity index (χ1) is 13.3. The van der Waals surface area contributed by atoms with Gasteiger partial charge in [-0.3, -0.25) is 14.3 Å². The number of phenolic OH excluding ortho intramolecular Hbond substituents is 3. The zero-order valence-electron chi connectivity index (χ0n) is 14.2. The van der Waals surface area contributed by atoms with Crippen molar-refractivity contribution in [2.24, 2.45) is 5.16 Å². The Kier molecular flexibility index (Phi) is 5.35. The predicted octanol–water partition coefficient (Wildman–Crippen LogP) is -1.68. The molecule has 12 heteroatoms. The number of phenols is 3. The van der Waals surface area contributed by atoms with Crippen LogP contribution in [0.2, 0.25) is 0 Å². The maximum absolute atomic E-state index is 11.8. The second kappa shape index (κ2) is 7.72. The minimum absolute atomic E-state index is 0.0564. The Morgan fingerprint density at radius 2 is 1.89 bits per heavy atom. The Morgan fingerprint density at radius 3 is 2.61 bits per heavy atom. The molecule has 28 heavy (non-hydrogen) atoms. The second-order valence-corrected chi connectivity index (χ2v) is 5.97. The fraction of sp³-hybridized carbons (Fsp3) is 0.312. The van der Waals surface area contributed by atoms with Gasteiger partial charge in [-0.25, -0.2) is 4.79 Å². The molecular weight excluding hydrogens is 378 g/mol. The van der Waals surface area contributed by atoms with Crippen molar-refractivity contribution in [1.29, 1.82) is 0 Å². The van der Waals surface area contributed by atoms with Gasteiger partial charge in [0, 0.05) is 17.8 Å². The zero-order valence-corrected chi connectivity index (χ0v) is 14.2. The number of aromatic amines is 1. The lowest BCUT2D eigenvalue weighted by Crippen LogP contribution is -2.37. The van der Waals surface area contributed by atoms with Crippen molar-refractivity contribution in [3.63, 3.8) is 0 Å². The van der Waals surface area contributed by atoms with E-state index in [0.29, 0.717) is 0 Å². The van der Waals surface area contributed by atoms with Crippen LogP contribution in [-0.4, -0.2) is 66.2 Å². The molecule has 0 saturated carbocycles. The smallest absolute Gasteiger partial charge is 0.330 e. The maximum atomic E-state index is 11.8. The van der Waals surface area contributed by atoms with Crippen molar-refractivity contribution in [1.82, 2.24) is 9.55 Å². The first-order valence-corrected chi connectivity index (χ1v) is 8.02. The Hall–Kier alpha value is -3.35. The van der Waals surface area contributed by atoms with Gasteiger partial charge in [-0.2, -0.15) is 0 Å². The Bertz CT molecular complexity index is 1000. The Balaban J connectivity index is 1.65. The molecule has 1 aliphatic rings. The summed E-state index contributed by atoms with van der Waals surface area (Å²) in [5.41, 5.74) is -1.38. The number of oxime groups is 1. The predicted molar refractivity (Wildman–Crippen MR) is 92.2 cm³/mol. The highest BCUT2D eigenvalue weighted by molar-refractivity contribution is 5.85. The number of benzene rings is 1. The fourth-order valence-corrected chi connectivity index (χ4v) is 2.62. The number of ether oxygens (including phenoxy) is 1. The molecule has 0 amide bonds. The van der Waals surface area contributed by atoms with E-state index in [1.54, 1.807) is 0 Å². The van der Waals surface area contributed by atoms with Gasteiger partial charge in [0.15, 0.2) is 17.7 Å². The summed E-state index contributed by atoms with van der Waals surface area (Å²) in [4.78, 5) is 29.9. The molecule has 0 bridgehead atoms. The van der Waals surface area contributed by atoms with Crippen molar-refractivity contribution in [3.05, 3.63) is 50.8 Å². The molecule has 1 saturated heterocycles. The van der Waals surface area contributed by atoms with Crippen molar-refractivity contribution in [3.8, 4) is 17.2 Å². The lowest BCUT2D eigenvalue weighted by molar-refractivity contribution is -0.0677. The molecule has 12 nitrogen and oxygen atoms in total. The van der Waals surface area contributed by atoms with Gasteiger partial charge in [-0.1, -0.05) is 5.16 Å². The number of rotatable bonds is 5. The largest absolute Gasteiger partial charge is 0.504 e. The van der Waals surface area contributed by atoms with E-state index in [0.717, 1.165) is 29.1 Å². The lowest BCUT2D eigenvalue weighted by atomic mass is 10.1. The van der Waals surface area contributed by atoms with E-state index in [4.69, 9.17) is 9.57 Å². The Morgan fingerprint density at radius 1 is 1.14 bits per heavy atom. The van der Waals surface area contributed by atoms with E-state index in [9.17, 15) is 35.1 Å². The van der Waals surface area contributed by atoms with Crippen LogP contribution in [0.1, 0.15) is 11.8 Å². The zero-order chi connectivity index (χ0) is 20.4. The summed E-state index contributed by atoms with van der Waals surface area (Å²) in [5.74, 6) is -1.82. The highest BCUT2D eigenvalue weighted by Crippen LogP contribution is 2.36. The van der Waals surface area contributed by atoms with E-state index < -0.39 is 53.0 Å². The van der Waals surface area contributed by atoms with Crippen LogP contribution in [0.4, 0.5) is 0 Å². The van der Waals surface area contributed by atoms with E-state index in [-0.39, 0.29) is 12.2 Å². The Labute approximate surface area is 156 Å². The summed E-state index contributed by atoms with van der Waals surface area (Å²) in [7, 11) is 0. The van der Waals surface area contributed by atoms with Crippen molar-refractivity contribution in [2.45, 2.75) is 24.5 Å². The minimum Gasteiger partial charge on any atom is -0.504 e. The number of aromatic nitrogens is 2. The van der Waals surface area contributed by atoms with Gasteiger partial charge in [0.2, 0.25) is 5.75 Å². The maximum Gasteiger partial charge on any atom is 0.330 e. The van der Waals surface area contributed by atoms with E-state index in [1.165, 1.54) is 6.07 Å². The van der Waals surface area contributed by atoms with Gasteiger partial charge in [0.05, 0.1) is 6.21 Å². The molecule has 1 fully saturated rings. The molecular formula is C16H17N3O9. The SMILES string of the molecule is O=c1ccn([C@@H]2O[C@H](CON=Cc3ccc(O)c(O)c3O)[C@H](O)[C@@H]2O)c(=O)[nH]1. The average molecular weight is 395 g/mol. The van der Waals surface area contributed by atoms with Gasteiger partial charge >= 0.3 is 5.69 Å². The van der Waals surface area contributed by atoms with Gasteiger partial charge in [-0.15, -0.1) is 0 Å². The van der Waals surface area contributed by atoms with Crippen LogP contribution in [-0.2, 0) is 9.57 Å². The van der Waals surface area contributed by atoms with Crippen LogP contribution in [0.3, 0.4) is 0 Å². The average Bonchev–Trinajstić information content (AvgIpc) is 2.93. The van der Waals surface area contributed by atoms with Crippen LogP contribution in [0, 0.1) is 0 Å². The van der Waals surface area contributed by atoms with Gasteiger partial charge < -0.3 is 35.1 Å². The number of H-pyrrole nitrogens is 1. The number of aliphatic hydroxyl groups excluding tert-OH is 2. The highest BCUT2D eigenvalue weighted by Gasteiger charge is 2.44. The summed E-state index contributed by atoms with van der Waals surface area (Å²) in [5, 5.41) is 52.1. The summed E-state index contributed by atoms with van der Waals surface area (Å²) in [6, 6.07) is 3.49. The van der Waals surface area contributed by atoms with E-state index in [1.807, 2.05) is 4.98 Å². The molecule has 3 rings (SSSR count). The van der Waals surface area contributed by atoms with Crippen LogP contribution in [0.15, 0.2) is 39.1 Å². The van der Waals surface area contributed by atoms with Gasteiger partial charge in [0.1, 0.15) is 24.9 Å². The molecule has 1 aliphatic heterocycles. The third kappa shape index (κ3) is 3.69. The first-order valence-electron chi connectivity index (χ1n) is 8.02. The molecule has 0 aliphatic carbocycles. The number of aromatic hydroxyl groups is 3. The third-order valence-corrected chi connectivity index (χ3v) is 4.13. The molecule has 1 aromatic heterocycles. The minimum atomic E-state index is -1.46. The third-order valence-electron chi connectivity index (χ3n) is 4.13. The number of hydrogen-bond acceptors (Lipinski definition) is 10. The molecule has 150 valence electrons. The van der Waals surface area contributed by atoms with Crippen molar-refractivity contribution >= 4 is 6.21 Å². The molecule has 2 heterocycles. The summed E-state index contributed by atoms with van der Waals surface area (Å²) in [6.07, 6.45) is -2.96. The number of nitrogens with one attached hydrogen (secondary N) is 1. The fourth-order valence-electron chi connectivity index (χ4n) is 2.62. The van der Waals surface area contributed by atoms with Crippen LogP contribution in [0.5, 0.6) is 17.2 Å². The molecule has 1 aromatic carbocycles. The van der Waals surface area contributed by atoms with Crippen molar-refractivity contribution in [2.75, 3.05) is 6.61 Å². The summed E-state index contributed by atoms with van der Waals surface area (Å²) >= 11 is 0. The van der Waals surface area contributed by atoms with Gasteiger partial charge in [-0.05, 0) is 12.1 Å². The summed E-state index contributed by atoms with van der Waals surface area (Å²) < 4.78 is 6.35. The number of aliphatic hydroxyl groups is 2. The lowest BCUT2D eigenvalue weighted by Gasteiger charge is -2.16. The van der Waals surface area contributed by atoms with Crippen LogP contribution < -0.4 is 11.2 Å². The molecule has 0 spiro atoms. The summed E-state index contributed by atoms with van der Waals surface area (Å²) in [6.45, 7) is -0.311. The van der Waals surface area contributed by atoms with E-state index >= 15 is 0 Å². The quantitative estimate of drug-likeness (QED) is 0.195. The molecule has 0 unspecified atom stereocenters. The normalized spacial score (nSPS) is 24.6. The first kappa shape index (κ1) is 19.4. The molecule has 0 radical (unpaired) electrons. The van der Waals surface area contributed by atoms with E-state index in [2.05, 4.69) is 5.16 Å². The number of nitrogens with zero attached hydrogens (tertiary/aromatic N) is 2. The van der Waals surface area contributed by atoms with Crippen LogP contribution in [0.25, 0.3) is 0 Å². The second-order valence-electron chi connectivity index (χ2n) is 5.97.